The summed E-state index contributed by atoms with van der Waals surface area (Å²) >= 11 is 0. The molecule has 0 spiro atoms. The average molecular weight is 280 g/mol. The van der Waals surface area contributed by atoms with Crippen LogP contribution in [0.15, 0.2) is 36.5 Å². The second kappa shape index (κ2) is 4.73. The third kappa shape index (κ3) is 2.40. The highest BCUT2D eigenvalue weighted by Gasteiger charge is 2.21. The van der Waals surface area contributed by atoms with Crippen molar-refractivity contribution in [1.29, 1.82) is 0 Å². The van der Waals surface area contributed by atoms with E-state index in [1.807, 2.05) is 41.9 Å². The first kappa shape index (κ1) is 12.1. The van der Waals surface area contributed by atoms with E-state index < -0.39 is 0 Å². The number of nitrogens with one attached hydrogen (secondary N) is 2. The molecule has 3 aromatic rings. The van der Waals surface area contributed by atoms with Crippen molar-refractivity contribution < 1.29 is 0 Å². The minimum Gasteiger partial charge on any atom is -0.367 e. The minimum absolute atomic E-state index is 0.555. The van der Waals surface area contributed by atoms with E-state index in [2.05, 4.69) is 25.6 Å². The molecule has 0 atom stereocenters. The Kier molecular flexibility index (Phi) is 2.73. The topological polar surface area (TPSA) is 67.7 Å². The van der Waals surface area contributed by atoms with Crippen molar-refractivity contribution in [2.75, 3.05) is 10.6 Å². The first-order chi connectivity index (χ1) is 10.3. The van der Waals surface area contributed by atoms with Crippen LogP contribution in [-0.2, 0) is 7.05 Å². The largest absolute Gasteiger partial charge is 0.367 e. The Hall–Kier alpha value is -2.63. The molecule has 106 valence electrons. The van der Waals surface area contributed by atoms with Crippen molar-refractivity contribution in [1.82, 2.24) is 19.5 Å². The summed E-state index contributed by atoms with van der Waals surface area (Å²) in [6.45, 7) is 0. The van der Waals surface area contributed by atoms with Crippen molar-refractivity contribution in [3.05, 3.63) is 36.5 Å². The van der Waals surface area contributed by atoms with Crippen LogP contribution in [0.1, 0.15) is 12.8 Å². The van der Waals surface area contributed by atoms with Gasteiger partial charge in [0.15, 0.2) is 0 Å². The molecule has 0 saturated heterocycles. The molecule has 0 amide bonds. The lowest BCUT2D eigenvalue weighted by molar-refractivity contribution is 0.949. The van der Waals surface area contributed by atoms with Crippen LogP contribution in [0.4, 0.5) is 17.7 Å². The monoisotopic (exact) mass is 280 g/mol. The molecule has 2 heterocycles. The van der Waals surface area contributed by atoms with Crippen LogP contribution >= 0.6 is 0 Å². The van der Waals surface area contributed by atoms with Crippen LogP contribution in [0.3, 0.4) is 0 Å². The van der Waals surface area contributed by atoms with E-state index in [0.717, 1.165) is 22.8 Å². The molecule has 1 saturated carbocycles. The zero-order valence-electron chi connectivity index (χ0n) is 11.7. The van der Waals surface area contributed by atoms with Gasteiger partial charge >= 0.3 is 0 Å². The summed E-state index contributed by atoms with van der Waals surface area (Å²) in [4.78, 5) is 13.3. The van der Waals surface area contributed by atoms with Crippen LogP contribution in [0.2, 0.25) is 0 Å². The zero-order valence-corrected chi connectivity index (χ0v) is 11.7. The maximum absolute atomic E-state index is 4.56. The minimum atomic E-state index is 0.555. The van der Waals surface area contributed by atoms with Gasteiger partial charge < -0.3 is 9.88 Å². The molecule has 21 heavy (non-hydrogen) atoms. The van der Waals surface area contributed by atoms with Gasteiger partial charge in [-0.2, -0.15) is 4.98 Å². The number of hydrogen-bond acceptors (Lipinski definition) is 5. The highest BCUT2D eigenvalue weighted by molar-refractivity contribution is 5.79. The smallest absolute Gasteiger partial charge is 0.231 e. The highest BCUT2D eigenvalue weighted by atomic mass is 15.3. The number of fused-ring (bicyclic) bond motifs is 1. The second-order valence-electron chi connectivity index (χ2n) is 5.29. The molecule has 1 aliphatic rings. The maximum atomic E-state index is 4.56. The fraction of sp³-hybridized carbons (Fsp3) is 0.267. The maximum Gasteiger partial charge on any atom is 0.231 e. The highest BCUT2D eigenvalue weighted by Crippen LogP contribution is 2.24. The van der Waals surface area contributed by atoms with Crippen molar-refractivity contribution in [3.8, 4) is 0 Å². The van der Waals surface area contributed by atoms with Crippen LogP contribution in [0.5, 0.6) is 0 Å². The molecule has 0 unspecified atom stereocenters. The number of anilines is 3. The zero-order chi connectivity index (χ0) is 14.2. The number of para-hydroxylation sites is 2. The Labute approximate surface area is 122 Å². The van der Waals surface area contributed by atoms with Gasteiger partial charge in [-0.15, -0.1) is 0 Å². The molecule has 6 heteroatoms. The summed E-state index contributed by atoms with van der Waals surface area (Å²) in [7, 11) is 1.98. The molecule has 1 aliphatic carbocycles. The Morgan fingerprint density at radius 3 is 2.81 bits per heavy atom. The lowest BCUT2D eigenvalue weighted by atomic mass is 10.3. The number of aromatic nitrogens is 4. The summed E-state index contributed by atoms with van der Waals surface area (Å²) in [5.41, 5.74) is 2.03. The van der Waals surface area contributed by atoms with Gasteiger partial charge in [-0.05, 0) is 31.0 Å². The predicted molar refractivity (Wildman–Crippen MR) is 82.7 cm³/mol. The first-order valence-electron chi connectivity index (χ1n) is 7.08. The molecule has 1 fully saturated rings. The van der Waals surface area contributed by atoms with Gasteiger partial charge in [-0.1, -0.05) is 12.1 Å². The first-order valence-corrected chi connectivity index (χ1v) is 7.08. The van der Waals surface area contributed by atoms with Gasteiger partial charge in [0.2, 0.25) is 11.9 Å². The van der Waals surface area contributed by atoms with Crippen molar-refractivity contribution >= 4 is 28.7 Å². The van der Waals surface area contributed by atoms with E-state index in [9.17, 15) is 0 Å². The number of aryl methyl sites for hydroxylation is 1. The molecule has 1 aromatic carbocycles. The molecule has 0 aliphatic heterocycles. The molecular formula is C15H16N6. The molecule has 6 nitrogen and oxygen atoms in total. The third-order valence-corrected chi connectivity index (χ3v) is 3.60. The van der Waals surface area contributed by atoms with Gasteiger partial charge in [-0.25, -0.2) is 9.97 Å². The third-order valence-electron chi connectivity index (χ3n) is 3.60. The summed E-state index contributed by atoms with van der Waals surface area (Å²) in [6.07, 6.45) is 4.19. The van der Waals surface area contributed by atoms with E-state index in [0.29, 0.717) is 12.0 Å². The molecular weight excluding hydrogens is 264 g/mol. The SMILES string of the molecule is Cn1c(Nc2nccc(NC3CC3)n2)nc2ccccc21. The van der Waals surface area contributed by atoms with Gasteiger partial charge in [0.05, 0.1) is 11.0 Å². The Balaban J connectivity index is 1.63. The lowest BCUT2D eigenvalue weighted by Crippen LogP contribution is -2.07. The average Bonchev–Trinajstić information content (AvgIpc) is 3.25. The van der Waals surface area contributed by atoms with E-state index in [1.165, 1.54) is 12.8 Å². The molecule has 2 aromatic heterocycles. The van der Waals surface area contributed by atoms with Gasteiger partial charge in [0.25, 0.3) is 0 Å². The Bertz CT molecular complexity index is 790. The quantitative estimate of drug-likeness (QED) is 0.769. The standard InChI is InChI=1S/C15H16N6/c1-21-12-5-3-2-4-11(12)18-15(21)20-14-16-9-8-13(19-14)17-10-6-7-10/h2-5,8-10H,6-7H2,1H3,(H2,16,17,18,19,20). The van der Waals surface area contributed by atoms with Crippen LogP contribution < -0.4 is 10.6 Å². The number of nitrogens with zero attached hydrogens (tertiary/aromatic N) is 4. The summed E-state index contributed by atoms with van der Waals surface area (Å²) in [6, 6.07) is 10.5. The molecule has 0 radical (unpaired) electrons. The number of benzene rings is 1. The normalized spacial score (nSPS) is 14.3. The lowest BCUT2D eigenvalue weighted by Gasteiger charge is -2.07. The van der Waals surface area contributed by atoms with E-state index in [1.54, 1.807) is 6.20 Å². The van der Waals surface area contributed by atoms with Crippen molar-refractivity contribution in [3.63, 3.8) is 0 Å². The molecule has 4 rings (SSSR count). The Morgan fingerprint density at radius 1 is 1.14 bits per heavy atom. The summed E-state index contributed by atoms with van der Waals surface area (Å²) < 4.78 is 2.00. The number of rotatable bonds is 4. The van der Waals surface area contributed by atoms with E-state index >= 15 is 0 Å². The molecule has 0 bridgehead atoms. The van der Waals surface area contributed by atoms with Crippen molar-refractivity contribution in [2.45, 2.75) is 18.9 Å². The van der Waals surface area contributed by atoms with Crippen LogP contribution in [0, 0.1) is 0 Å². The van der Waals surface area contributed by atoms with Crippen molar-refractivity contribution in [2.24, 2.45) is 7.05 Å². The van der Waals surface area contributed by atoms with E-state index in [-0.39, 0.29) is 0 Å². The fourth-order valence-electron chi connectivity index (χ4n) is 2.29. The molecule has 2 N–H and O–H groups in total. The second-order valence-corrected chi connectivity index (χ2v) is 5.29. The predicted octanol–water partition coefficient (Wildman–Crippen LogP) is 2.68. The number of hydrogen-bond donors (Lipinski definition) is 2. The van der Waals surface area contributed by atoms with Crippen LogP contribution in [-0.4, -0.2) is 25.6 Å². The fourth-order valence-corrected chi connectivity index (χ4v) is 2.29. The Morgan fingerprint density at radius 2 is 2.00 bits per heavy atom. The summed E-state index contributed by atoms with van der Waals surface area (Å²) in [5.74, 6) is 2.15. The van der Waals surface area contributed by atoms with Gasteiger partial charge in [0, 0.05) is 19.3 Å². The van der Waals surface area contributed by atoms with Gasteiger partial charge in [0.1, 0.15) is 5.82 Å². The number of imidazole rings is 1. The van der Waals surface area contributed by atoms with Gasteiger partial charge in [-0.3, -0.25) is 5.32 Å². The van der Waals surface area contributed by atoms with E-state index in [4.69, 9.17) is 0 Å². The summed E-state index contributed by atoms with van der Waals surface area (Å²) in [5, 5.41) is 6.55. The van der Waals surface area contributed by atoms with Crippen LogP contribution in [0.25, 0.3) is 11.0 Å².